The van der Waals surface area contributed by atoms with E-state index in [4.69, 9.17) is 5.73 Å². The van der Waals surface area contributed by atoms with Crippen LogP contribution in [0.2, 0.25) is 0 Å². The molecule has 0 aliphatic carbocycles. The van der Waals surface area contributed by atoms with Crippen molar-refractivity contribution in [2.75, 3.05) is 5.73 Å². The van der Waals surface area contributed by atoms with E-state index in [-0.39, 0.29) is 12.1 Å². The molecule has 0 aliphatic rings. The molecule has 0 radical (unpaired) electrons. The Hall–Kier alpha value is -2.59. The Morgan fingerprint density at radius 2 is 2.05 bits per heavy atom. The van der Waals surface area contributed by atoms with Crippen molar-refractivity contribution < 1.29 is 17.7 Å². The lowest BCUT2D eigenvalue weighted by atomic mass is 10.2. The van der Waals surface area contributed by atoms with Gasteiger partial charge < -0.3 is 5.73 Å². The highest BCUT2D eigenvalue weighted by molar-refractivity contribution is 7.89. The van der Waals surface area contributed by atoms with Gasteiger partial charge in [0, 0.05) is 24.4 Å². The molecule has 2 rings (SSSR count). The second kappa shape index (κ2) is 6.03. The summed E-state index contributed by atoms with van der Waals surface area (Å²) >= 11 is 0. The van der Waals surface area contributed by atoms with Crippen molar-refractivity contribution in [1.29, 1.82) is 0 Å². The quantitative estimate of drug-likeness (QED) is 0.627. The molecule has 10 heteroatoms. The van der Waals surface area contributed by atoms with Crippen LogP contribution in [0.5, 0.6) is 0 Å². The van der Waals surface area contributed by atoms with Crippen LogP contribution in [-0.4, -0.2) is 18.3 Å². The fourth-order valence-electron chi connectivity index (χ4n) is 1.64. The average molecular weight is 326 g/mol. The third-order valence-electron chi connectivity index (χ3n) is 2.79. The van der Waals surface area contributed by atoms with Gasteiger partial charge in [-0.15, -0.1) is 0 Å². The third-order valence-corrected chi connectivity index (χ3v) is 4.16. The van der Waals surface area contributed by atoms with Crippen molar-refractivity contribution in [3.63, 3.8) is 0 Å². The number of nitrogen functional groups attached to an aromatic ring is 1. The first kappa shape index (κ1) is 15.8. The molecule has 1 heterocycles. The fraction of sp³-hybridized carbons (Fsp3) is 0.0833. The predicted octanol–water partition coefficient (Wildman–Crippen LogP) is 1.19. The van der Waals surface area contributed by atoms with Gasteiger partial charge in [-0.05, 0) is 6.07 Å². The molecule has 0 unspecified atom stereocenters. The van der Waals surface area contributed by atoms with Crippen LogP contribution in [0.1, 0.15) is 5.56 Å². The lowest BCUT2D eigenvalue weighted by molar-refractivity contribution is -0.384. The lowest BCUT2D eigenvalue weighted by Crippen LogP contribution is -2.24. The van der Waals surface area contributed by atoms with Gasteiger partial charge in [-0.25, -0.2) is 22.5 Å². The molecule has 0 atom stereocenters. The van der Waals surface area contributed by atoms with E-state index in [9.17, 15) is 22.9 Å². The van der Waals surface area contributed by atoms with E-state index in [0.717, 1.165) is 12.3 Å². The van der Waals surface area contributed by atoms with E-state index in [0.29, 0.717) is 0 Å². The number of hydrogen-bond donors (Lipinski definition) is 2. The standard InChI is InChI=1S/C12H11FN4O4S/c13-10-4-2-1-3-8(10)6-16-22(20,21)9-5-11(17(18)19)12(14)15-7-9/h1-5,7,16H,6H2,(H2,14,15). The molecule has 3 N–H and O–H groups in total. The maximum absolute atomic E-state index is 13.4. The molecule has 0 saturated carbocycles. The van der Waals surface area contributed by atoms with E-state index in [2.05, 4.69) is 9.71 Å². The van der Waals surface area contributed by atoms with Crippen molar-refractivity contribution in [2.45, 2.75) is 11.4 Å². The molecular formula is C12H11FN4O4S. The monoisotopic (exact) mass is 326 g/mol. The Morgan fingerprint density at radius 3 is 2.68 bits per heavy atom. The van der Waals surface area contributed by atoms with Crippen molar-refractivity contribution in [3.05, 3.63) is 58.0 Å². The number of nitrogens with one attached hydrogen (secondary N) is 1. The lowest BCUT2D eigenvalue weighted by Gasteiger charge is -2.07. The van der Waals surface area contributed by atoms with Gasteiger partial charge in [-0.3, -0.25) is 10.1 Å². The Morgan fingerprint density at radius 1 is 1.36 bits per heavy atom. The number of benzene rings is 1. The van der Waals surface area contributed by atoms with Gasteiger partial charge in [-0.1, -0.05) is 18.2 Å². The van der Waals surface area contributed by atoms with Gasteiger partial charge in [0.15, 0.2) is 0 Å². The van der Waals surface area contributed by atoms with Crippen molar-refractivity contribution >= 4 is 21.5 Å². The molecule has 0 aliphatic heterocycles. The van der Waals surface area contributed by atoms with E-state index in [1.807, 2.05) is 0 Å². The smallest absolute Gasteiger partial charge is 0.312 e. The van der Waals surface area contributed by atoms with Crippen LogP contribution in [0.3, 0.4) is 0 Å². The molecule has 0 saturated heterocycles. The Kier molecular flexibility index (Phi) is 4.33. The zero-order valence-electron chi connectivity index (χ0n) is 11.1. The molecule has 22 heavy (non-hydrogen) atoms. The Balaban J connectivity index is 2.26. The molecule has 0 bridgehead atoms. The van der Waals surface area contributed by atoms with Gasteiger partial charge in [-0.2, -0.15) is 0 Å². The van der Waals surface area contributed by atoms with Crippen LogP contribution in [0.25, 0.3) is 0 Å². The van der Waals surface area contributed by atoms with Gasteiger partial charge in [0.05, 0.1) is 4.92 Å². The zero-order chi connectivity index (χ0) is 16.3. The van der Waals surface area contributed by atoms with Gasteiger partial charge in [0.25, 0.3) is 0 Å². The maximum atomic E-state index is 13.4. The fourth-order valence-corrected chi connectivity index (χ4v) is 2.61. The summed E-state index contributed by atoms with van der Waals surface area (Å²) in [4.78, 5) is 13.0. The van der Waals surface area contributed by atoms with E-state index in [1.165, 1.54) is 18.2 Å². The topological polar surface area (TPSA) is 128 Å². The number of sulfonamides is 1. The van der Waals surface area contributed by atoms with Gasteiger partial charge in [0.1, 0.15) is 10.7 Å². The highest BCUT2D eigenvalue weighted by atomic mass is 32.2. The number of halogens is 1. The number of rotatable bonds is 5. The second-order valence-corrected chi connectivity index (χ2v) is 6.02. The molecule has 116 valence electrons. The Labute approximate surface area is 125 Å². The molecule has 0 spiro atoms. The summed E-state index contributed by atoms with van der Waals surface area (Å²) < 4.78 is 39.7. The largest absolute Gasteiger partial charge is 0.378 e. The maximum Gasteiger partial charge on any atom is 0.312 e. The normalized spacial score (nSPS) is 11.3. The van der Waals surface area contributed by atoms with Crippen LogP contribution in [0.15, 0.2) is 41.4 Å². The molecule has 2 aromatic rings. The molecular weight excluding hydrogens is 315 g/mol. The van der Waals surface area contributed by atoms with E-state index < -0.39 is 37.2 Å². The molecule has 1 aromatic carbocycles. The SMILES string of the molecule is Nc1ncc(S(=O)(=O)NCc2ccccc2F)cc1[N+](=O)[O-]. The van der Waals surface area contributed by atoms with Crippen molar-refractivity contribution in [2.24, 2.45) is 0 Å². The minimum absolute atomic E-state index is 0.143. The van der Waals surface area contributed by atoms with Gasteiger partial charge >= 0.3 is 5.69 Å². The summed E-state index contributed by atoms with van der Waals surface area (Å²) in [5.41, 5.74) is 4.83. The minimum atomic E-state index is -4.09. The summed E-state index contributed by atoms with van der Waals surface area (Å²) in [6.45, 7) is -0.298. The number of nitrogens with two attached hydrogens (primary N) is 1. The first-order chi connectivity index (χ1) is 10.3. The number of pyridine rings is 1. The van der Waals surface area contributed by atoms with E-state index in [1.54, 1.807) is 6.07 Å². The van der Waals surface area contributed by atoms with Crippen LogP contribution in [0, 0.1) is 15.9 Å². The van der Waals surface area contributed by atoms with E-state index >= 15 is 0 Å². The predicted molar refractivity (Wildman–Crippen MR) is 75.7 cm³/mol. The number of anilines is 1. The average Bonchev–Trinajstić information content (AvgIpc) is 2.46. The molecule has 8 nitrogen and oxygen atoms in total. The van der Waals surface area contributed by atoms with Crippen LogP contribution in [-0.2, 0) is 16.6 Å². The van der Waals surface area contributed by atoms with Crippen LogP contribution in [0.4, 0.5) is 15.9 Å². The summed E-state index contributed by atoms with van der Waals surface area (Å²) in [5, 5.41) is 10.7. The second-order valence-electron chi connectivity index (χ2n) is 4.25. The van der Waals surface area contributed by atoms with Crippen molar-refractivity contribution in [3.8, 4) is 0 Å². The summed E-state index contributed by atoms with van der Waals surface area (Å²) in [6.07, 6.45) is 0.895. The first-order valence-corrected chi connectivity index (χ1v) is 7.42. The summed E-state index contributed by atoms with van der Waals surface area (Å²) in [5.74, 6) is -0.954. The number of aromatic nitrogens is 1. The highest BCUT2D eigenvalue weighted by Gasteiger charge is 2.21. The molecule has 0 amide bonds. The Bertz CT molecular complexity index is 826. The van der Waals surface area contributed by atoms with Crippen LogP contribution >= 0.6 is 0 Å². The minimum Gasteiger partial charge on any atom is -0.378 e. The third kappa shape index (κ3) is 3.35. The summed E-state index contributed by atoms with van der Waals surface area (Å²) in [6, 6.07) is 6.44. The number of hydrogen-bond acceptors (Lipinski definition) is 6. The summed E-state index contributed by atoms with van der Waals surface area (Å²) in [7, 11) is -4.09. The van der Waals surface area contributed by atoms with Crippen LogP contribution < -0.4 is 10.5 Å². The van der Waals surface area contributed by atoms with Gasteiger partial charge in [0.2, 0.25) is 15.8 Å². The first-order valence-electron chi connectivity index (χ1n) is 5.94. The molecule has 0 fully saturated rings. The number of nitro groups is 1. The molecule has 1 aromatic heterocycles. The highest BCUT2D eigenvalue weighted by Crippen LogP contribution is 2.22. The number of nitrogens with zero attached hydrogens (tertiary/aromatic N) is 2. The van der Waals surface area contributed by atoms with Crippen molar-refractivity contribution in [1.82, 2.24) is 9.71 Å². The zero-order valence-corrected chi connectivity index (χ0v) is 11.9.